The van der Waals surface area contributed by atoms with E-state index in [2.05, 4.69) is 0 Å². The van der Waals surface area contributed by atoms with E-state index in [0.29, 0.717) is 6.42 Å². The third kappa shape index (κ3) is 5.65. The predicted molar refractivity (Wildman–Crippen MR) is 45.7 cm³/mol. The lowest BCUT2D eigenvalue weighted by Gasteiger charge is -2.03. The van der Waals surface area contributed by atoms with Gasteiger partial charge in [-0.3, -0.25) is 4.79 Å². The average molecular weight is 170 g/mol. The van der Waals surface area contributed by atoms with Gasteiger partial charge >= 0.3 is 5.97 Å². The van der Waals surface area contributed by atoms with Gasteiger partial charge in [0.25, 0.3) is 0 Å². The summed E-state index contributed by atoms with van der Waals surface area (Å²) in [6.07, 6.45) is 2.67. The van der Waals surface area contributed by atoms with Gasteiger partial charge in [0.15, 0.2) is 5.78 Å². The molecule has 3 nitrogen and oxygen atoms in total. The molecular weight excluding hydrogens is 156 g/mol. The second-order valence-corrected chi connectivity index (χ2v) is 2.64. The molecule has 0 aliphatic heterocycles. The van der Waals surface area contributed by atoms with Crippen LogP contribution in [0.25, 0.3) is 0 Å². The molecule has 0 saturated carbocycles. The molecule has 0 aliphatic rings. The fourth-order valence-corrected chi connectivity index (χ4v) is 0.550. The number of rotatable bonds is 4. The smallest absolute Gasteiger partial charge is 0.331 e. The van der Waals surface area contributed by atoms with Crippen LogP contribution in [0.3, 0.4) is 0 Å². The molecule has 0 saturated heterocycles. The maximum atomic E-state index is 10.8. The fraction of sp³-hybridized carbons (Fsp3) is 0.556. The van der Waals surface area contributed by atoms with E-state index < -0.39 is 5.97 Å². The van der Waals surface area contributed by atoms with E-state index in [9.17, 15) is 9.59 Å². The molecular formula is C9H14O3. The summed E-state index contributed by atoms with van der Waals surface area (Å²) in [7, 11) is 0. The first-order chi connectivity index (χ1) is 5.56. The van der Waals surface area contributed by atoms with Crippen LogP contribution in [-0.4, -0.2) is 17.9 Å². The van der Waals surface area contributed by atoms with Crippen LogP contribution in [0, 0.1) is 0 Å². The Labute approximate surface area is 72.4 Å². The number of hydrogen-bond acceptors (Lipinski definition) is 3. The number of esters is 1. The molecule has 0 heterocycles. The van der Waals surface area contributed by atoms with Crippen molar-refractivity contribution in [2.45, 2.75) is 33.3 Å². The summed E-state index contributed by atoms with van der Waals surface area (Å²) in [6.45, 7) is 5.25. The van der Waals surface area contributed by atoms with Gasteiger partial charge in [-0.2, -0.15) is 0 Å². The summed E-state index contributed by atoms with van der Waals surface area (Å²) < 4.78 is 4.77. The summed E-state index contributed by atoms with van der Waals surface area (Å²) >= 11 is 0. The van der Waals surface area contributed by atoms with Gasteiger partial charge in [0.1, 0.15) is 0 Å². The van der Waals surface area contributed by atoms with Gasteiger partial charge < -0.3 is 4.74 Å². The molecule has 0 aromatic heterocycles. The molecule has 0 fully saturated rings. The number of allylic oxidation sites excluding steroid dienone is 1. The fourth-order valence-electron chi connectivity index (χ4n) is 0.550. The van der Waals surface area contributed by atoms with Crippen LogP contribution in [0.15, 0.2) is 12.2 Å². The molecule has 0 aromatic rings. The monoisotopic (exact) mass is 170 g/mol. The molecule has 0 amide bonds. The number of carbonyl (C=O) groups is 2. The third-order valence-electron chi connectivity index (χ3n) is 1.11. The maximum absolute atomic E-state index is 10.8. The van der Waals surface area contributed by atoms with E-state index >= 15 is 0 Å². The van der Waals surface area contributed by atoms with Crippen molar-refractivity contribution in [3.63, 3.8) is 0 Å². The summed E-state index contributed by atoms with van der Waals surface area (Å²) in [6, 6.07) is 0. The van der Waals surface area contributed by atoms with E-state index in [1.54, 1.807) is 20.8 Å². The number of carbonyl (C=O) groups excluding carboxylic acids is 2. The Morgan fingerprint density at radius 2 is 1.92 bits per heavy atom. The van der Waals surface area contributed by atoms with Gasteiger partial charge in [-0.05, 0) is 19.9 Å². The zero-order valence-electron chi connectivity index (χ0n) is 7.66. The average Bonchev–Trinajstić information content (AvgIpc) is 1.99. The van der Waals surface area contributed by atoms with Crippen LogP contribution >= 0.6 is 0 Å². The van der Waals surface area contributed by atoms with Crippen LogP contribution in [0.5, 0.6) is 0 Å². The number of ketones is 1. The van der Waals surface area contributed by atoms with Crippen LogP contribution in [0.4, 0.5) is 0 Å². The zero-order chi connectivity index (χ0) is 9.56. The molecule has 0 aliphatic carbocycles. The first-order valence-corrected chi connectivity index (χ1v) is 3.97. The van der Waals surface area contributed by atoms with Gasteiger partial charge in [-0.1, -0.05) is 6.92 Å². The first kappa shape index (κ1) is 10.9. The Morgan fingerprint density at radius 1 is 1.33 bits per heavy atom. The summed E-state index contributed by atoms with van der Waals surface area (Å²) in [5.41, 5.74) is 0. The van der Waals surface area contributed by atoms with Crippen molar-refractivity contribution >= 4 is 11.8 Å². The minimum atomic E-state index is -0.466. The van der Waals surface area contributed by atoms with Crippen molar-refractivity contribution in [3.8, 4) is 0 Å². The molecule has 68 valence electrons. The highest BCUT2D eigenvalue weighted by Gasteiger charge is 2.00. The minimum absolute atomic E-state index is 0.0734. The van der Waals surface area contributed by atoms with Crippen molar-refractivity contribution in [3.05, 3.63) is 12.2 Å². The van der Waals surface area contributed by atoms with Gasteiger partial charge in [0.05, 0.1) is 6.10 Å². The van der Waals surface area contributed by atoms with Gasteiger partial charge in [0, 0.05) is 12.5 Å². The van der Waals surface area contributed by atoms with Crippen LogP contribution in [0.1, 0.15) is 27.2 Å². The molecule has 3 heteroatoms. The highest BCUT2D eigenvalue weighted by molar-refractivity contribution is 5.95. The summed E-state index contributed by atoms with van der Waals surface area (Å²) in [5.74, 6) is -0.539. The minimum Gasteiger partial charge on any atom is -0.460 e. The third-order valence-corrected chi connectivity index (χ3v) is 1.11. The van der Waals surface area contributed by atoms with Gasteiger partial charge in [-0.15, -0.1) is 0 Å². The molecule has 0 N–H and O–H groups in total. The van der Waals surface area contributed by atoms with Crippen LogP contribution < -0.4 is 0 Å². The zero-order valence-corrected chi connectivity index (χ0v) is 7.66. The van der Waals surface area contributed by atoms with Crippen molar-refractivity contribution in [1.82, 2.24) is 0 Å². The van der Waals surface area contributed by atoms with Crippen molar-refractivity contribution in [2.24, 2.45) is 0 Å². The van der Waals surface area contributed by atoms with Gasteiger partial charge in [0.2, 0.25) is 0 Å². The topological polar surface area (TPSA) is 43.4 Å². The molecule has 0 radical (unpaired) electrons. The van der Waals surface area contributed by atoms with Gasteiger partial charge in [-0.25, -0.2) is 4.79 Å². The highest BCUT2D eigenvalue weighted by atomic mass is 16.5. The molecule has 0 atom stereocenters. The Hall–Kier alpha value is -1.12. The van der Waals surface area contributed by atoms with Crippen LogP contribution in [-0.2, 0) is 14.3 Å². The van der Waals surface area contributed by atoms with Crippen molar-refractivity contribution in [1.29, 1.82) is 0 Å². The van der Waals surface area contributed by atoms with E-state index in [1.807, 2.05) is 0 Å². The largest absolute Gasteiger partial charge is 0.460 e. The molecule has 12 heavy (non-hydrogen) atoms. The standard InChI is InChI=1S/C9H14O3/c1-4-8(10)5-6-9(11)12-7(2)3/h5-7H,4H2,1-3H3/b6-5+. The first-order valence-electron chi connectivity index (χ1n) is 3.97. The van der Waals surface area contributed by atoms with Crippen molar-refractivity contribution in [2.75, 3.05) is 0 Å². The second kappa shape index (κ2) is 5.52. The Kier molecular flexibility index (Phi) is 5.00. The molecule has 0 aromatic carbocycles. The lowest BCUT2D eigenvalue weighted by molar-refractivity contribution is -0.141. The van der Waals surface area contributed by atoms with E-state index in [1.165, 1.54) is 6.08 Å². The SMILES string of the molecule is CCC(=O)/C=C/C(=O)OC(C)C. The molecule has 0 rings (SSSR count). The summed E-state index contributed by atoms with van der Waals surface area (Å²) in [5, 5.41) is 0. The molecule has 0 bridgehead atoms. The molecule has 0 spiro atoms. The lowest BCUT2D eigenvalue weighted by Crippen LogP contribution is -2.08. The quantitative estimate of drug-likeness (QED) is 0.474. The van der Waals surface area contributed by atoms with E-state index in [-0.39, 0.29) is 11.9 Å². The summed E-state index contributed by atoms with van der Waals surface area (Å²) in [4.78, 5) is 21.5. The van der Waals surface area contributed by atoms with Crippen molar-refractivity contribution < 1.29 is 14.3 Å². The Morgan fingerprint density at radius 3 is 2.33 bits per heavy atom. The lowest BCUT2D eigenvalue weighted by atomic mass is 10.3. The maximum Gasteiger partial charge on any atom is 0.331 e. The number of hydrogen-bond donors (Lipinski definition) is 0. The van der Waals surface area contributed by atoms with Crippen LogP contribution in [0.2, 0.25) is 0 Å². The Bertz CT molecular complexity index is 192. The second-order valence-electron chi connectivity index (χ2n) is 2.64. The van der Waals surface area contributed by atoms with E-state index in [0.717, 1.165) is 6.08 Å². The number of ether oxygens (including phenoxy) is 1. The normalized spacial score (nSPS) is 10.7. The van der Waals surface area contributed by atoms with E-state index in [4.69, 9.17) is 4.74 Å². The Balaban J connectivity index is 3.83. The molecule has 0 unspecified atom stereocenters. The predicted octanol–water partition coefficient (Wildman–Crippen LogP) is 1.47. The highest BCUT2D eigenvalue weighted by Crippen LogP contribution is 1.91.